The molecule has 1 saturated heterocycles. The molecule has 122 valence electrons. The Morgan fingerprint density at radius 1 is 1.30 bits per heavy atom. The van der Waals surface area contributed by atoms with E-state index in [-0.39, 0.29) is 5.91 Å². The maximum Gasteiger partial charge on any atom is 0.270 e. The smallest absolute Gasteiger partial charge is 0.270 e. The number of carbonyl (C=O) groups excluding carboxylic acids is 1. The van der Waals surface area contributed by atoms with Gasteiger partial charge in [0.1, 0.15) is 10.7 Å². The van der Waals surface area contributed by atoms with Crippen LogP contribution >= 0.6 is 23.1 Å². The number of aromatic nitrogens is 1. The maximum absolute atomic E-state index is 12.2. The number of amides is 1. The number of aliphatic hydroxyl groups is 1. The normalized spacial score (nSPS) is 17.0. The van der Waals surface area contributed by atoms with Crippen molar-refractivity contribution in [3.63, 3.8) is 0 Å². The van der Waals surface area contributed by atoms with Gasteiger partial charge in [0.15, 0.2) is 0 Å². The van der Waals surface area contributed by atoms with Crippen molar-refractivity contribution < 1.29 is 9.90 Å². The molecule has 0 aliphatic carbocycles. The first-order valence-corrected chi connectivity index (χ1v) is 9.70. The molecule has 1 aliphatic heterocycles. The first-order chi connectivity index (χ1) is 11.1. The highest BCUT2D eigenvalue weighted by Crippen LogP contribution is 2.27. The molecule has 1 aliphatic rings. The van der Waals surface area contributed by atoms with Crippen LogP contribution in [0.3, 0.4) is 0 Å². The standard InChI is InChI=1S/C17H20N2O2S2/c1-12-2-4-13(5-3-12)16-19-14(10-23-16)15(20)18-11-17(21)6-8-22-9-7-17/h2-5,10,21H,6-9,11H2,1H3,(H,18,20). The molecule has 1 fully saturated rings. The van der Waals surface area contributed by atoms with Crippen LogP contribution in [0.25, 0.3) is 10.6 Å². The second kappa shape index (κ2) is 7.03. The molecule has 0 unspecified atom stereocenters. The molecule has 1 aromatic carbocycles. The summed E-state index contributed by atoms with van der Waals surface area (Å²) in [7, 11) is 0. The Morgan fingerprint density at radius 3 is 2.70 bits per heavy atom. The fourth-order valence-electron chi connectivity index (χ4n) is 2.47. The average Bonchev–Trinajstić information content (AvgIpc) is 3.04. The summed E-state index contributed by atoms with van der Waals surface area (Å²) in [5.74, 6) is 1.67. The molecule has 23 heavy (non-hydrogen) atoms. The molecule has 0 bridgehead atoms. The lowest BCUT2D eigenvalue weighted by atomic mass is 9.97. The predicted octanol–water partition coefficient (Wildman–Crippen LogP) is 3.11. The van der Waals surface area contributed by atoms with E-state index in [1.54, 1.807) is 5.38 Å². The lowest BCUT2D eigenvalue weighted by molar-refractivity contribution is 0.0310. The van der Waals surface area contributed by atoms with Crippen LogP contribution in [0.2, 0.25) is 0 Å². The van der Waals surface area contributed by atoms with Crippen LogP contribution in [0.5, 0.6) is 0 Å². The Morgan fingerprint density at radius 2 is 2.00 bits per heavy atom. The molecule has 0 saturated carbocycles. The second-order valence-corrected chi connectivity index (χ2v) is 8.01. The van der Waals surface area contributed by atoms with E-state index < -0.39 is 5.60 Å². The Balaban J connectivity index is 1.63. The zero-order chi connectivity index (χ0) is 16.3. The van der Waals surface area contributed by atoms with Crippen molar-refractivity contribution in [1.82, 2.24) is 10.3 Å². The topological polar surface area (TPSA) is 62.2 Å². The van der Waals surface area contributed by atoms with Gasteiger partial charge < -0.3 is 10.4 Å². The summed E-state index contributed by atoms with van der Waals surface area (Å²) < 4.78 is 0. The monoisotopic (exact) mass is 348 g/mol. The molecular formula is C17H20N2O2S2. The van der Waals surface area contributed by atoms with Crippen LogP contribution in [0.15, 0.2) is 29.6 Å². The first-order valence-electron chi connectivity index (χ1n) is 7.67. The number of hydrogen-bond donors (Lipinski definition) is 2. The van der Waals surface area contributed by atoms with Crippen LogP contribution < -0.4 is 5.32 Å². The van der Waals surface area contributed by atoms with Gasteiger partial charge in [-0.2, -0.15) is 11.8 Å². The number of thiazole rings is 1. The Kier molecular flexibility index (Phi) is 5.04. The molecule has 0 atom stereocenters. The van der Waals surface area contributed by atoms with E-state index in [2.05, 4.69) is 10.3 Å². The molecular weight excluding hydrogens is 328 g/mol. The predicted molar refractivity (Wildman–Crippen MR) is 96.1 cm³/mol. The fourth-order valence-corrected chi connectivity index (χ4v) is 4.53. The van der Waals surface area contributed by atoms with Gasteiger partial charge in [0.25, 0.3) is 5.91 Å². The lowest BCUT2D eigenvalue weighted by Gasteiger charge is -2.31. The summed E-state index contributed by atoms with van der Waals surface area (Å²) in [6.07, 6.45) is 1.45. The van der Waals surface area contributed by atoms with Gasteiger partial charge in [0, 0.05) is 17.5 Å². The molecule has 2 heterocycles. The minimum Gasteiger partial charge on any atom is -0.388 e. The van der Waals surface area contributed by atoms with Gasteiger partial charge in [-0.1, -0.05) is 29.8 Å². The molecule has 6 heteroatoms. The van der Waals surface area contributed by atoms with Crippen LogP contribution in [-0.4, -0.2) is 39.6 Å². The van der Waals surface area contributed by atoms with Crippen molar-refractivity contribution in [2.75, 3.05) is 18.1 Å². The molecule has 1 aromatic heterocycles. The van der Waals surface area contributed by atoms with E-state index in [0.717, 1.165) is 34.9 Å². The van der Waals surface area contributed by atoms with Gasteiger partial charge in [-0.15, -0.1) is 11.3 Å². The lowest BCUT2D eigenvalue weighted by Crippen LogP contribution is -2.45. The highest BCUT2D eigenvalue weighted by atomic mass is 32.2. The minimum atomic E-state index is -0.767. The SMILES string of the molecule is Cc1ccc(-c2nc(C(=O)NCC3(O)CCSCC3)cs2)cc1. The molecule has 0 radical (unpaired) electrons. The van der Waals surface area contributed by atoms with Crippen LogP contribution in [0.1, 0.15) is 28.9 Å². The molecule has 2 N–H and O–H groups in total. The summed E-state index contributed by atoms with van der Waals surface area (Å²) in [6, 6.07) is 8.09. The minimum absolute atomic E-state index is 0.216. The van der Waals surface area contributed by atoms with Crippen LogP contribution in [-0.2, 0) is 0 Å². The quantitative estimate of drug-likeness (QED) is 0.891. The zero-order valence-electron chi connectivity index (χ0n) is 13.0. The number of aryl methyl sites for hydroxylation is 1. The number of hydrogen-bond acceptors (Lipinski definition) is 5. The number of nitrogens with one attached hydrogen (secondary N) is 1. The third-order valence-corrected chi connectivity index (χ3v) is 5.91. The second-order valence-electron chi connectivity index (χ2n) is 5.92. The number of carbonyl (C=O) groups is 1. The van der Waals surface area contributed by atoms with E-state index >= 15 is 0 Å². The van der Waals surface area contributed by atoms with Crippen LogP contribution in [0, 0.1) is 6.92 Å². The van der Waals surface area contributed by atoms with Crippen molar-refractivity contribution in [3.05, 3.63) is 40.9 Å². The Bertz CT molecular complexity index is 676. The molecule has 1 amide bonds. The number of rotatable bonds is 4. The summed E-state index contributed by atoms with van der Waals surface area (Å²) in [5, 5.41) is 15.9. The molecule has 2 aromatic rings. The Hall–Kier alpha value is -1.37. The largest absolute Gasteiger partial charge is 0.388 e. The molecule has 0 spiro atoms. The van der Waals surface area contributed by atoms with E-state index in [9.17, 15) is 9.90 Å². The van der Waals surface area contributed by atoms with E-state index in [1.165, 1.54) is 16.9 Å². The van der Waals surface area contributed by atoms with E-state index in [1.807, 2.05) is 43.0 Å². The molecule has 3 rings (SSSR count). The van der Waals surface area contributed by atoms with E-state index in [0.29, 0.717) is 12.2 Å². The number of nitrogens with zero attached hydrogens (tertiary/aromatic N) is 1. The maximum atomic E-state index is 12.2. The summed E-state index contributed by atoms with van der Waals surface area (Å²) in [5.41, 5.74) is 1.86. The van der Waals surface area contributed by atoms with Gasteiger partial charge in [0.2, 0.25) is 0 Å². The summed E-state index contributed by atoms with van der Waals surface area (Å²) in [4.78, 5) is 16.7. The fraction of sp³-hybridized carbons (Fsp3) is 0.412. The third-order valence-electron chi connectivity index (χ3n) is 4.04. The number of thioether (sulfide) groups is 1. The number of benzene rings is 1. The van der Waals surface area contributed by atoms with Crippen molar-refractivity contribution >= 4 is 29.0 Å². The zero-order valence-corrected chi connectivity index (χ0v) is 14.7. The summed E-state index contributed by atoms with van der Waals surface area (Å²) in [6.45, 7) is 2.34. The van der Waals surface area contributed by atoms with Crippen molar-refractivity contribution in [3.8, 4) is 10.6 Å². The Labute approximate surface area is 144 Å². The first kappa shape index (κ1) is 16.5. The van der Waals surface area contributed by atoms with E-state index in [4.69, 9.17) is 0 Å². The third kappa shape index (κ3) is 4.13. The average molecular weight is 348 g/mol. The van der Waals surface area contributed by atoms with Gasteiger partial charge in [0.05, 0.1) is 5.60 Å². The van der Waals surface area contributed by atoms with Gasteiger partial charge in [-0.05, 0) is 31.3 Å². The highest BCUT2D eigenvalue weighted by molar-refractivity contribution is 7.99. The molecule has 4 nitrogen and oxygen atoms in total. The van der Waals surface area contributed by atoms with Crippen LogP contribution in [0.4, 0.5) is 0 Å². The van der Waals surface area contributed by atoms with Crippen molar-refractivity contribution in [2.45, 2.75) is 25.4 Å². The van der Waals surface area contributed by atoms with Gasteiger partial charge in [-0.25, -0.2) is 4.98 Å². The van der Waals surface area contributed by atoms with Crippen molar-refractivity contribution in [2.24, 2.45) is 0 Å². The van der Waals surface area contributed by atoms with Gasteiger partial charge >= 0.3 is 0 Å². The summed E-state index contributed by atoms with van der Waals surface area (Å²) >= 11 is 3.31. The van der Waals surface area contributed by atoms with Crippen molar-refractivity contribution in [1.29, 1.82) is 0 Å². The van der Waals surface area contributed by atoms with Gasteiger partial charge in [-0.3, -0.25) is 4.79 Å². The highest BCUT2D eigenvalue weighted by Gasteiger charge is 2.30.